The highest BCUT2D eigenvalue weighted by Crippen LogP contribution is 2.31. The number of amides is 3. The number of aliphatic hydroxyl groups excluding tert-OH is 1. The molecule has 3 aromatic rings. The first-order chi connectivity index (χ1) is 20.0. The molecule has 0 unspecified atom stereocenters. The summed E-state index contributed by atoms with van der Waals surface area (Å²) in [7, 11) is -0.870. The van der Waals surface area contributed by atoms with Crippen molar-refractivity contribution in [3.05, 3.63) is 78.4 Å². The van der Waals surface area contributed by atoms with Crippen LogP contribution in [0.1, 0.15) is 24.2 Å². The molecule has 12 heteroatoms. The number of aliphatic hydroxyl groups is 1. The number of carbonyl (C=O) groups excluding carboxylic acids is 2. The standard InChI is InChI=1S/C30H36N4O7S/c1-20-17-34(21(2)19-35)29(36)26-16-23(32-30(37)31-22-8-6-5-7-9-22)10-15-27(26)41-28(20)18-33(3)42(38,39)25-13-11-24(40-4)12-14-25/h5-16,20-21,28,35H,17-19H2,1-4H3,(H2,31,32,37)/t20-,21+,28+/m1/s1. The zero-order chi connectivity index (χ0) is 30.4. The summed E-state index contributed by atoms with van der Waals surface area (Å²) in [4.78, 5) is 27.9. The molecule has 224 valence electrons. The molecule has 0 saturated heterocycles. The van der Waals surface area contributed by atoms with Crippen LogP contribution in [0.2, 0.25) is 0 Å². The number of sulfonamides is 1. The van der Waals surface area contributed by atoms with Gasteiger partial charge in [-0.15, -0.1) is 0 Å². The number of benzene rings is 3. The molecule has 3 atom stereocenters. The van der Waals surface area contributed by atoms with Crippen molar-refractivity contribution in [2.75, 3.05) is 44.5 Å². The van der Waals surface area contributed by atoms with E-state index in [1.165, 1.54) is 36.7 Å². The Labute approximate surface area is 246 Å². The minimum atomic E-state index is -3.85. The molecule has 1 aliphatic heterocycles. The molecule has 3 N–H and O–H groups in total. The topological polar surface area (TPSA) is 138 Å². The van der Waals surface area contributed by atoms with Crippen LogP contribution in [-0.2, 0) is 10.0 Å². The number of likely N-dealkylation sites (N-methyl/N-ethyl adjacent to an activating group) is 1. The van der Waals surface area contributed by atoms with Gasteiger partial charge >= 0.3 is 6.03 Å². The molecule has 3 amide bonds. The van der Waals surface area contributed by atoms with Crippen molar-refractivity contribution < 1.29 is 32.6 Å². The van der Waals surface area contributed by atoms with Crippen LogP contribution < -0.4 is 20.1 Å². The fourth-order valence-electron chi connectivity index (χ4n) is 4.61. The Balaban J connectivity index is 1.61. The van der Waals surface area contributed by atoms with E-state index in [2.05, 4.69) is 10.6 Å². The van der Waals surface area contributed by atoms with Gasteiger partial charge in [-0.05, 0) is 61.5 Å². The van der Waals surface area contributed by atoms with Crippen LogP contribution in [0.15, 0.2) is 77.7 Å². The average Bonchev–Trinajstić information content (AvgIpc) is 2.99. The van der Waals surface area contributed by atoms with Gasteiger partial charge in [0.15, 0.2) is 0 Å². The summed E-state index contributed by atoms with van der Waals surface area (Å²) in [6.07, 6.45) is -0.636. The van der Waals surface area contributed by atoms with E-state index in [1.807, 2.05) is 13.0 Å². The van der Waals surface area contributed by atoms with Crippen molar-refractivity contribution in [1.82, 2.24) is 9.21 Å². The van der Waals surface area contributed by atoms with Crippen LogP contribution in [0.25, 0.3) is 0 Å². The molecule has 11 nitrogen and oxygen atoms in total. The minimum absolute atomic E-state index is 0.00396. The van der Waals surface area contributed by atoms with Gasteiger partial charge in [0.1, 0.15) is 17.6 Å². The van der Waals surface area contributed by atoms with Crippen LogP contribution in [0.4, 0.5) is 16.2 Å². The van der Waals surface area contributed by atoms with E-state index in [0.29, 0.717) is 17.1 Å². The van der Waals surface area contributed by atoms with E-state index in [0.717, 1.165) is 0 Å². The lowest BCUT2D eigenvalue weighted by molar-refractivity contribution is 0.0387. The van der Waals surface area contributed by atoms with Crippen molar-refractivity contribution in [2.24, 2.45) is 5.92 Å². The lowest BCUT2D eigenvalue weighted by Gasteiger charge is -2.38. The number of carbonyl (C=O) groups is 2. The van der Waals surface area contributed by atoms with Crippen molar-refractivity contribution in [1.29, 1.82) is 0 Å². The molecule has 1 aliphatic rings. The summed E-state index contributed by atoms with van der Waals surface area (Å²) in [5, 5.41) is 15.4. The summed E-state index contributed by atoms with van der Waals surface area (Å²) in [5.41, 5.74) is 1.15. The minimum Gasteiger partial charge on any atom is -0.497 e. The number of nitrogens with one attached hydrogen (secondary N) is 2. The van der Waals surface area contributed by atoms with E-state index in [4.69, 9.17) is 9.47 Å². The molecule has 0 bridgehead atoms. The summed E-state index contributed by atoms with van der Waals surface area (Å²) in [6.45, 7) is 3.56. The fraction of sp³-hybridized carbons (Fsp3) is 0.333. The van der Waals surface area contributed by atoms with E-state index in [9.17, 15) is 23.1 Å². The highest BCUT2D eigenvalue weighted by Gasteiger charge is 2.35. The maximum Gasteiger partial charge on any atom is 0.323 e. The summed E-state index contributed by atoms with van der Waals surface area (Å²) in [6, 6.07) is 18.8. The van der Waals surface area contributed by atoms with Crippen molar-refractivity contribution in [2.45, 2.75) is 30.9 Å². The van der Waals surface area contributed by atoms with Crippen LogP contribution in [0.5, 0.6) is 11.5 Å². The smallest absolute Gasteiger partial charge is 0.323 e. The largest absolute Gasteiger partial charge is 0.497 e. The number of rotatable bonds is 9. The maximum atomic E-state index is 13.7. The highest BCUT2D eigenvalue weighted by atomic mass is 32.2. The summed E-state index contributed by atoms with van der Waals surface area (Å²) < 4.78 is 39.4. The van der Waals surface area contributed by atoms with Crippen LogP contribution in [-0.4, -0.2) is 80.7 Å². The molecular weight excluding hydrogens is 560 g/mol. The number of methoxy groups -OCH3 is 1. The second-order valence-corrected chi connectivity index (χ2v) is 12.3. The molecule has 0 fully saturated rings. The lowest BCUT2D eigenvalue weighted by Crippen LogP contribution is -2.50. The molecular formula is C30H36N4O7S. The van der Waals surface area contributed by atoms with E-state index < -0.39 is 28.2 Å². The number of ether oxygens (including phenoxy) is 2. The molecule has 3 aromatic carbocycles. The molecule has 0 radical (unpaired) electrons. The number of para-hydroxylation sites is 1. The zero-order valence-electron chi connectivity index (χ0n) is 24.0. The Bertz CT molecular complexity index is 1500. The normalized spacial score (nSPS) is 17.9. The van der Waals surface area contributed by atoms with Crippen molar-refractivity contribution in [3.63, 3.8) is 0 Å². The van der Waals surface area contributed by atoms with Gasteiger partial charge in [-0.2, -0.15) is 4.31 Å². The number of hydrogen-bond donors (Lipinski definition) is 3. The van der Waals surface area contributed by atoms with E-state index in [1.54, 1.807) is 60.4 Å². The second-order valence-electron chi connectivity index (χ2n) is 10.2. The van der Waals surface area contributed by atoms with Gasteiger partial charge in [0.25, 0.3) is 5.91 Å². The lowest BCUT2D eigenvalue weighted by atomic mass is 9.99. The molecule has 0 spiro atoms. The van der Waals surface area contributed by atoms with E-state index >= 15 is 0 Å². The summed E-state index contributed by atoms with van der Waals surface area (Å²) >= 11 is 0. The highest BCUT2D eigenvalue weighted by molar-refractivity contribution is 7.89. The maximum absolute atomic E-state index is 13.7. The summed E-state index contributed by atoms with van der Waals surface area (Å²) in [5.74, 6) is 0.123. The van der Waals surface area contributed by atoms with Crippen LogP contribution in [0.3, 0.4) is 0 Å². The van der Waals surface area contributed by atoms with Gasteiger partial charge < -0.3 is 30.1 Å². The van der Waals surface area contributed by atoms with Crippen LogP contribution >= 0.6 is 0 Å². The third-order valence-corrected chi connectivity index (χ3v) is 9.00. The number of nitrogens with zero attached hydrogens (tertiary/aromatic N) is 2. The number of urea groups is 1. The fourth-order valence-corrected chi connectivity index (χ4v) is 5.80. The van der Waals surface area contributed by atoms with Crippen molar-refractivity contribution >= 4 is 33.3 Å². The van der Waals surface area contributed by atoms with Crippen LogP contribution in [0, 0.1) is 5.92 Å². The molecule has 0 saturated carbocycles. The molecule has 42 heavy (non-hydrogen) atoms. The third-order valence-electron chi connectivity index (χ3n) is 7.16. The average molecular weight is 597 g/mol. The molecule has 4 rings (SSSR count). The van der Waals surface area contributed by atoms with Gasteiger partial charge in [0, 0.05) is 30.9 Å². The first-order valence-corrected chi connectivity index (χ1v) is 14.9. The van der Waals surface area contributed by atoms with Gasteiger partial charge in [-0.1, -0.05) is 25.1 Å². The second kappa shape index (κ2) is 13.2. The predicted molar refractivity (Wildman–Crippen MR) is 159 cm³/mol. The number of anilines is 2. The SMILES string of the molecule is COc1ccc(S(=O)(=O)N(C)C[C@@H]2Oc3ccc(NC(=O)Nc4ccccc4)cc3C(=O)N([C@@H](C)CO)C[C@H]2C)cc1. The quantitative estimate of drug-likeness (QED) is 0.341. The monoisotopic (exact) mass is 596 g/mol. The van der Waals surface area contributed by atoms with E-state index in [-0.39, 0.29) is 47.7 Å². The van der Waals surface area contributed by atoms with Gasteiger partial charge in [0.05, 0.1) is 36.8 Å². The Kier molecular flexibility index (Phi) is 9.71. The van der Waals surface area contributed by atoms with Gasteiger partial charge in [0.2, 0.25) is 10.0 Å². The first kappa shape index (κ1) is 30.8. The first-order valence-electron chi connectivity index (χ1n) is 13.5. The zero-order valence-corrected chi connectivity index (χ0v) is 24.8. The predicted octanol–water partition coefficient (Wildman–Crippen LogP) is 3.88. The Morgan fingerprint density at radius 1 is 1.10 bits per heavy atom. The Hall–Kier alpha value is -4.13. The third kappa shape index (κ3) is 7.01. The van der Waals surface area contributed by atoms with Gasteiger partial charge in [-0.25, -0.2) is 13.2 Å². The van der Waals surface area contributed by atoms with Gasteiger partial charge in [-0.3, -0.25) is 4.79 Å². The Morgan fingerprint density at radius 3 is 2.40 bits per heavy atom. The number of fused-ring (bicyclic) bond motifs is 1. The molecule has 0 aromatic heterocycles. The Morgan fingerprint density at radius 2 is 1.76 bits per heavy atom. The molecule has 1 heterocycles. The molecule has 0 aliphatic carbocycles. The number of hydrogen-bond acceptors (Lipinski definition) is 7. The van der Waals surface area contributed by atoms with Crippen molar-refractivity contribution in [3.8, 4) is 11.5 Å².